The van der Waals surface area contributed by atoms with Crippen LogP contribution in [0, 0.1) is 25.7 Å². The highest BCUT2D eigenvalue weighted by atomic mass is 16.2. The quantitative estimate of drug-likeness (QED) is 0.550. The molecule has 3 aromatic rings. The standard InChI is InChI=1S/C25H32N4O/c1-4-5-8-19-11-13-20(14-12-19)25(30)27-24-16-18(3)28-29(24)23-15-17(2)21-9-6-7-10-22(21)26-23/h6-7,9-10,15-16,19-20H,4-5,8,11-14H2,1-3H3,(H,27,30). The van der Waals surface area contributed by atoms with Gasteiger partial charge < -0.3 is 5.32 Å². The molecule has 5 nitrogen and oxygen atoms in total. The number of rotatable bonds is 6. The number of fused-ring (bicyclic) bond motifs is 1. The Balaban J connectivity index is 1.51. The van der Waals surface area contributed by atoms with Crippen LogP contribution in [-0.2, 0) is 4.79 Å². The molecule has 5 heteroatoms. The van der Waals surface area contributed by atoms with E-state index in [1.807, 2.05) is 37.3 Å². The Kier molecular flexibility index (Phi) is 6.16. The van der Waals surface area contributed by atoms with Crippen molar-refractivity contribution < 1.29 is 4.79 Å². The first-order valence-electron chi connectivity index (χ1n) is 11.3. The Morgan fingerprint density at radius 1 is 1.13 bits per heavy atom. The molecule has 1 fully saturated rings. The number of carbonyl (C=O) groups is 1. The molecule has 0 unspecified atom stereocenters. The number of para-hydroxylation sites is 1. The van der Waals surface area contributed by atoms with E-state index in [-0.39, 0.29) is 11.8 Å². The van der Waals surface area contributed by atoms with E-state index in [1.54, 1.807) is 4.68 Å². The summed E-state index contributed by atoms with van der Waals surface area (Å²) >= 11 is 0. The van der Waals surface area contributed by atoms with E-state index in [2.05, 4.69) is 30.3 Å². The summed E-state index contributed by atoms with van der Waals surface area (Å²) in [4.78, 5) is 17.8. The number of pyridine rings is 1. The predicted octanol–water partition coefficient (Wildman–Crippen LogP) is 5.97. The molecule has 1 amide bonds. The molecule has 1 N–H and O–H groups in total. The van der Waals surface area contributed by atoms with Crippen LogP contribution in [0.4, 0.5) is 5.82 Å². The van der Waals surface area contributed by atoms with Crippen LogP contribution in [0.15, 0.2) is 36.4 Å². The van der Waals surface area contributed by atoms with Gasteiger partial charge in [-0.05, 0) is 63.1 Å². The van der Waals surface area contributed by atoms with E-state index < -0.39 is 0 Å². The maximum absolute atomic E-state index is 13.0. The highest BCUT2D eigenvalue weighted by Gasteiger charge is 2.27. The van der Waals surface area contributed by atoms with Crippen LogP contribution in [0.25, 0.3) is 16.7 Å². The van der Waals surface area contributed by atoms with Crippen LogP contribution in [0.3, 0.4) is 0 Å². The summed E-state index contributed by atoms with van der Waals surface area (Å²) in [5.74, 6) is 2.44. The number of hydrogen-bond acceptors (Lipinski definition) is 3. The highest BCUT2D eigenvalue weighted by molar-refractivity contribution is 5.92. The summed E-state index contributed by atoms with van der Waals surface area (Å²) in [6.07, 6.45) is 8.18. The van der Waals surface area contributed by atoms with Gasteiger partial charge in [0.05, 0.1) is 11.2 Å². The van der Waals surface area contributed by atoms with Crippen LogP contribution in [0.5, 0.6) is 0 Å². The second-order valence-electron chi connectivity index (χ2n) is 8.75. The van der Waals surface area contributed by atoms with E-state index in [0.717, 1.165) is 46.7 Å². The SMILES string of the molecule is CCCCC1CCC(C(=O)Nc2cc(C)nn2-c2cc(C)c3ccccc3n2)CC1. The molecule has 2 heterocycles. The summed E-state index contributed by atoms with van der Waals surface area (Å²) in [5, 5.41) is 8.89. The Hall–Kier alpha value is -2.69. The minimum Gasteiger partial charge on any atom is -0.310 e. The van der Waals surface area contributed by atoms with Gasteiger partial charge in [-0.2, -0.15) is 9.78 Å². The van der Waals surface area contributed by atoms with Crippen molar-refractivity contribution in [3.63, 3.8) is 0 Å². The van der Waals surface area contributed by atoms with Crippen LogP contribution >= 0.6 is 0 Å². The van der Waals surface area contributed by atoms with E-state index in [9.17, 15) is 4.79 Å². The van der Waals surface area contributed by atoms with Crippen molar-refractivity contribution in [3.8, 4) is 5.82 Å². The van der Waals surface area contributed by atoms with Crippen LogP contribution in [0.1, 0.15) is 63.1 Å². The monoisotopic (exact) mass is 404 g/mol. The third kappa shape index (κ3) is 4.40. The van der Waals surface area contributed by atoms with Gasteiger partial charge in [-0.1, -0.05) is 44.4 Å². The van der Waals surface area contributed by atoms with Crippen LogP contribution < -0.4 is 5.32 Å². The van der Waals surface area contributed by atoms with Gasteiger partial charge in [0.2, 0.25) is 5.91 Å². The van der Waals surface area contributed by atoms with Gasteiger partial charge in [0.1, 0.15) is 5.82 Å². The number of benzene rings is 1. The smallest absolute Gasteiger partial charge is 0.228 e. The summed E-state index contributed by atoms with van der Waals surface area (Å²) in [6, 6.07) is 12.1. The second-order valence-corrected chi connectivity index (χ2v) is 8.75. The molecular weight excluding hydrogens is 372 g/mol. The molecule has 30 heavy (non-hydrogen) atoms. The first kappa shape index (κ1) is 20.6. The van der Waals surface area contributed by atoms with Gasteiger partial charge in [0, 0.05) is 17.4 Å². The first-order valence-corrected chi connectivity index (χ1v) is 11.3. The Labute approximate surface area is 178 Å². The van der Waals surface area contributed by atoms with Crippen molar-refractivity contribution in [2.24, 2.45) is 11.8 Å². The molecule has 0 spiro atoms. The largest absolute Gasteiger partial charge is 0.310 e. The van der Waals surface area contributed by atoms with E-state index in [1.165, 1.54) is 32.1 Å². The highest BCUT2D eigenvalue weighted by Crippen LogP contribution is 2.33. The Morgan fingerprint density at radius 3 is 2.67 bits per heavy atom. The van der Waals surface area contributed by atoms with Crippen molar-refractivity contribution in [1.82, 2.24) is 14.8 Å². The summed E-state index contributed by atoms with van der Waals surface area (Å²) in [5.41, 5.74) is 2.94. The maximum atomic E-state index is 13.0. The topological polar surface area (TPSA) is 59.8 Å². The fourth-order valence-corrected chi connectivity index (χ4v) is 4.64. The summed E-state index contributed by atoms with van der Waals surface area (Å²) in [7, 11) is 0. The van der Waals surface area contributed by atoms with E-state index in [4.69, 9.17) is 4.98 Å². The molecule has 2 aromatic heterocycles. The van der Waals surface area contributed by atoms with Gasteiger partial charge in [-0.25, -0.2) is 4.98 Å². The van der Waals surface area contributed by atoms with Crippen LogP contribution in [0.2, 0.25) is 0 Å². The number of anilines is 1. The molecule has 0 saturated heterocycles. The molecular formula is C25H32N4O. The molecule has 158 valence electrons. The van der Waals surface area contributed by atoms with Crippen molar-refractivity contribution in [3.05, 3.63) is 47.7 Å². The number of amides is 1. The molecule has 1 aliphatic rings. The average molecular weight is 405 g/mol. The maximum Gasteiger partial charge on any atom is 0.228 e. The molecule has 1 aliphatic carbocycles. The van der Waals surface area contributed by atoms with E-state index in [0.29, 0.717) is 5.82 Å². The molecule has 4 rings (SSSR count). The fraction of sp³-hybridized carbons (Fsp3) is 0.480. The zero-order valence-corrected chi connectivity index (χ0v) is 18.3. The third-order valence-electron chi connectivity index (χ3n) is 6.39. The lowest BCUT2D eigenvalue weighted by Gasteiger charge is -2.27. The minimum absolute atomic E-state index is 0.0952. The normalized spacial score (nSPS) is 19.2. The number of aromatic nitrogens is 3. The Bertz CT molecular complexity index is 1030. The summed E-state index contributed by atoms with van der Waals surface area (Å²) < 4.78 is 1.76. The van der Waals surface area contributed by atoms with Crippen LogP contribution in [-0.4, -0.2) is 20.7 Å². The first-order chi connectivity index (χ1) is 14.5. The number of nitrogens with zero attached hydrogens (tertiary/aromatic N) is 3. The molecule has 1 saturated carbocycles. The predicted molar refractivity (Wildman–Crippen MR) is 122 cm³/mol. The van der Waals surface area contributed by atoms with Crippen molar-refractivity contribution >= 4 is 22.6 Å². The number of aryl methyl sites for hydroxylation is 2. The van der Waals surface area contributed by atoms with Gasteiger partial charge in [0.15, 0.2) is 5.82 Å². The van der Waals surface area contributed by atoms with Gasteiger partial charge >= 0.3 is 0 Å². The Morgan fingerprint density at radius 2 is 1.90 bits per heavy atom. The summed E-state index contributed by atoms with van der Waals surface area (Å²) in [6.45, 7) is 6.27. The fourth-order valence-electron chi connectivity index (χ4n) is 4.64. The van der Waals surface area contributed by atoms with Crippen molar-refractivity contribution in [2.45, 2.75) is 65.7 Å². The number of hydrogen-bond donors (Lipinski definition) is 1. The molecule has 0 aliphatic heterocycles. The third-order valence-corrected chi connectivity index (χ3v) is 6.39. The number of unbranched alkanes of at least 4 members (excludes halogenated alkanes) is 1. The molecule has 0 bridgehead atoms. The minimum atomic E-state index is 0.0952. The second kappa shape index (κ2) is 8.99. The van der Waals surface area contributed by atoms with Crippen molar-refractivity contribution in [1.29, 1.82) is 0 Å². The average Bonchev–Trinajstić information content (AvgIpc) is 3.12. The van der Waals surface area contributed by atoms with Gasteiger partial charge in [-0.15, -0.1) is 0 Å². The molecule has 0 atom stereocenters. The number of nitrogens with one attached hydrogen (secondary N) is 1. The lowest BCUT2D eigenvalue weighted by Crippen LogP contribution is -2.28. The number of carbonyl (C=O) groups excluding carboxylic acids is 1. The lowest BCUT2D eigenvalue weighted by molar-refractivity contribution is -0.121. The zero-order chi connectivity index (χ0) is 21.1. The van der Waals surface area contributed by atoms with Gasteiger partial charge in [-0.3, -0.25) is 4.79 Å². The zero-order valence-electron chi connectivity index (χ0n) is 18.3. The molecule has 0 radical (unpaired) electrons. The molecule has 1 aromatic carbocycles. The van der Waals surface area contributed by atoms with E-state index >= 15 is 0 Å². The van der Waals surface area contributed by atoms with Crippen molar-refractivity contribution in [2.75, 3.05) is 5.32 Å². The van der Waals surface area contributed by atoms with Gasteiger partial charge in [0.25, 0.3) is 0 Å². The lowest BCUT2D eigenvalue weighted by atomic mass is 9.79.